The first kappa shape index (κ1) is 14.8. The third-order valence-corrected chi connectivity index (χ3v) is 3.60. The first-order valence-electron chi connectivity index (χ1n) is 5.99. The topological polar surface area (TPSA) is 35.5 Å². The van der Waals surface area contributed by atoms with Crippen LogP contribution >= 0.6 is 27.3 Å². The molecule has 1 aromatic heterocycles. The van der Waals surface area contributed by atoms with Crippen LogP contribution in [0.25, 0.3) is 6.08 Å². The van der Waals surface area contributed by atoms with Crippen molar-refractivity contribution in [1.29, 1.82) is 0 Å². The molecule has 5 heteroatoms. The number of rotatable bonds is 6. The first-order chi connectivity index (χ1) is 9.74. The van der Waals surface area contributed by atoms with Gasteiger partial charge in [-0.25, -0.2) is 4.79 Å². The quantitative estimate of drug-likeness (QED) is 0.445. The monoisotopic (exact) mass is 352 g/mol. The number of hydrogen-bond donors (Lipinski definition) is 0. The van der Waals surface area contributed by atoms with Crippen molar-refractivity contribution in [3.8, 4) is 5.75 Å². The molecule has 0 N–H and O–H groups in total. The summed E-state index contributed by atoms with van der Waals surface area (Å²) in [6.45, 7) is 0.558. The van der Waals surface area contributed by atoms with Crippen molar-refractivity contribution in [3.05, 3.63) is 57.2 Å². The highest BCUT2D eigenvalue weighted by atomic mass is 79.9. The fourth-order valence-electron chi connectivity index (χ4n) is 1.41. The van der Waals surface area contributed by atoms with Crippen LogP contribution in [0.4, 0.5) is 0 Å². The van der Waals surface area contributed by atoms with Gasteiger partial charge in [-0.1, -0.05) is 15.9 Å². The van der Waals surface area contributed by atoms with Gasteiger partial charge in [0.2, 0.25) is 0 Å². The molecule has 0 saturated heterocycles. The zero-order valence-electron chi connectivity index (χ0n) is 10.6. The average molecular weight is 353 g/mol. The van der Waals surface area contributed by atoms with Crippen LogP contribution in [-0.4, -0.2) is 19.2 Å². The Morgan fingerprint density at radius 2 is 2.00 bits per heavy atom. The fraction of sp³-hybridized carbons (Fsp3) is 0.133. The molecule has 104 valence electrons. The van der Waals surface area contributed by atoms with Crippen molar-refractivity contribution >= 4 is 39.3 Å². The first-order valence-corrected chi connectivity index (χ1v) is 7.73. The van der Waals surface area contributed by atoms with Gasteiger partial charge in [0.1, 0.15) is 19.0 Å². The number of benzene rings is 1. The summed E-state index contributed by atoms with van der Waals surface area (Å²) in [5.74, 6) is 0.383. The van der Waals surface area contributed by atoms with Gasteiger partial charge >= 0.3 is 5.97 Å². The summed E-state index contributed by atoms with van der Waals surface area (Å²) in [7, 11) is 0. The van der Waals surface area contributed by atoms with E-state index in [9.17, 15) is 4.79 Å². The lowest BCUT2D eigenvalue weighted by atomic mass is 10.3. The van der Waals surface area contributed by atoms with Gasteiger partial charge < -0.3 is 9.47 Å². The molecule has 0 radical (unpaired) electrons. The molecule has 0 fully saturated rings. The predicted molar refractivity (Wildman–Crippen MR) is 83.9 cm³/mol. The maximum absolute atomic E-state index is 11.4. The molecule has 2 rings (SSSR count). The van der Waals surface area contributed by atoms with E-state index in [-0.39, 0.29) is 12.6 Å². The zero-order chi connectivity index (χ0) is 14.2. The number of carbonyl (C=O) groups is 1. The van der Waals surface area contributed by atoms with Crippen molar-refractivity contribution in [2.24, 2.45) is 0 Å². The molecule has 0 aliphatic carbocycles. The van der Waals surface area contributed by atoms with Crippen LogP contribution < -0.4 is 4.74 Å². The number of halogens is 1. The number of carbonyl (C=O) groups excluding carboxylic acids is 1. The fourth-order valence-corrected chi connectivity index (χ4v) is 2.31. The van der Waals surface area contributed by atoms with Crippen molar-refractivity contribution in [2.75, 3.05) is 13.2 Å². The van der Waals surface area contributed by atoms with E-state index < -0.39 is 0 Å². The second kappa shape index (κ2) is 7.87. The molecule has 0 aliphatic heterocycles. The summed E-state index contributed by atoms with van der Waals surface area (Å²) >= 11 is 4.93. The molecule has 2 aromatic rings. The third-order valence-electron chi connectivity index (χ3n) is 2.37. The van der Waals surface area contributed by atoms with Crippen LogP contribution in [-0.2, 0) is 9.53 Å². The number of thiophene rings is 1. The van der Waals surface area contributed by atoms with E-state index in [1.54, 1.807) is 17.4 Å². The Labute approximate surface area is 130 Å². The van der Waals surface area contributed by atoms with Crippen molar-refractivity contribution < 1.29 is 14.3 Å². The summed E-state index contributed by atoms with van der Waals surface area (Å²) in [4.78, 5) is 11.4. The van der Waals surface area contributed by atoms with E-state index in [4.69, 9.17) is 9.47 Å². The SMILES string of the molecule is O=C(/C=C/c1ccsc1)OCCOc1ccc(Br)cc1. The summed E-state index contributed by atoms with van der Waals surface area (Å²) < 4.78 is 11.5. The minimum Gasteiger partial charge on any atom is -0.490 e. The Hall–Kier alpha value is -1.59. The van der Waals surface area contributed by atoms with Crippen LogP contribution in [0.5, 0.6) is 5.75 Å². The molecule has 3 nitrogen and oxygen atoms in total. The van der Waals surface area contributed by atoms with Gasteiger partial charge in [-0.15, -0.1) is 0 Å². The van der Waals surface area contributed by atoms with Gasteiger partial charge in [0.15, 0.2) is 0 Å². The van der Waals surface area contributed by atoms with Crippen LogP contribution in [0.1, 0.15) is 5.56 Å². The molecule has 0 saturated carbocycles. The molecular weight excluding hydrogens is 340 g/mol. The van der Waals surface area contributed by atoms with Gasteiger partial charge in [0.05, 0.1) is 0 Å². The van der Waals surface area contributed by atoms with E-state index in [1.807, 2.05) is 41.1 Å². The molecule has 0 aliphatic rings. The van der Waals surface area contributed by atoms with E-state index in [1.165, 1.54) is 6.08 Å². The smallest absolute Gasteiger partial charge is 0.330 e. The Morgan fingerprint density at radius 3 is 2.70 bits per heavy atom. The highest BCUT2D eigenvalue weighted by Gasteiger charge is 1.98. The van der Waals surface area contributed by atoms with E-state index in [0.717, 1.165) is 15.8 Å². The molecule has 0 spiro atoms. The van der Waals surface area contributed by atoms with E-state index >= 15 is 0 Å². The van der Waals surface area contributed by atoms with Gasteiger partial charge in [0.25, 0.3) is 0 Å². The van der Waals surface area contributed by atoms with Gasteiger partial charge in [-0.05, 0) is 52.7 Å². The largest absolute Gasteiger partial charge is 0.490 e. The highest BCUT2D eigenvalue weighted by molar-refractivity contribution is 9.10. The second-order valence-electron chi connectivity index (χ2n) is 3.86. The van der Waals surface area contributed by atoms with Gasteiger partial charge in [-0.3, -0.25) is 0 Å². The predicted octanol–water partition coefficient (Wildman–Crippen LogP) is 4.15. The Morgan fingerprint density at radius 1 is 1.20 bits per heavy atom. The van der Waals surface area contributed by atoms with Crippen molar-refractivity contribution in [2.45, 2.75) is 0 Å². The lowest BCUT2D eigenvalue weighted by Gasteiger charge is -2.06. The molecule has 0 amide bonds. The molecule has 0 atom stereocenters. The summed E-state index contributed by atoms with van der Waals surface area (Å²) in [5, 5.41) is 3.91. The standard InChI is InChI=1S/C15H13BrO3S/c16-13-2-4-14(5-3-13)18-8-9-19-15(17)6-1-12-7-10-20-11-12/h1-7,10-11H,8-9H2/b6-1+. The lowest BCUT2D eigenvalue weighted by molar-refractivity contribution is -0.138. The minimum absolute atomic E-state index is 0.225. The van der Waals surface area contributed by atoms with Crippen LogP contribution in [0.3, 0.4) is 0 Å². The Balaban J connectivity index is 1.65. The molecule has 1 aromatic carbocycles. The number of esters is 1. The van der Waals surface area contributed by atoms with Crippen molar-refractivity contribution in [1.82, 2.24) is 0 Å². The molecule has 0 bridgehead atoms. The van der Waals surface area contributed by atoms with Crippen LogP contribution in [0.15, 0.2) is 51.6 Å². The summed E-state index contributed by atoms with van der Waals surface area (Å²) in [5.41, 5.74) is 0.998. The third kappa shape index (κ3) is 5.19. The lowest BCUT2D eigenvalue weighted by Crippen LogP contribution is -2.10. The van der Waals surface area contributed by atoms with Gasteiger partial charge in [-0.2, -0.15) is 11.3 Å². The molecule has 0 unspecified atom stereocenters. The average Bonchev–Trinajstić information content (AvgIpc) is 2.96. The molecular formula is C15H13BrO3S. The maximum Gasteiger partial charge on any atom is 0.330 e. The maximum atomic E-state index is 11.4. The zero-order valence-corrected chi connectivity index (χ0v) is 13.0. The van der Waals surface area contributed by atoms with Crippen molar-refractivity contribution in [3.63, 3.8) is 0 Å². The molecule has 20 heavy (non-hydrogen) atoms. The Bertz CT molecular complexity index is 561. The second-order valence-corrected chi connectivity index (χ2v) is 5.56. The van der Waals surface area contributed by atoms with Crippen LogP contribution in [0.2, 0.25) is 0 Å². The molecule has 1 heterocycles. The normalized spacial score (nSPS) is 10.7. The summed E-state index contributed by atoms with van der Waals surface area (Å²) in [6.07, 6.45) is 3.15. The number of hydrogen-bond acceptors (Lipinski definition) is 4. The summed E-state index contributed by atoms with van der Waals surface area (Å²) in [6, 6.07) is 9.42. The van der Waals surface area contributed by atoms with E-state index in [0.29, 0.717) is 6.61 Å². The van der Waals surface area contributed by atoms with Gasteiger partial charge in [0, 0.05) is 10.5 Å². The number of ether oxygens (including phenoxy) is 2. The van der Waals surface area contributed by atoms with E-state index in [2.05, 4.69) is 15.9 Å². The van der Waals surface area contributed by atoms with Crippen LogP contribution in [0, 0.1) is 0 Å². The Kier molecular flexibility index (Phi) is 5.83. The minimum atomic E-state index is -0.365. The highest BCUT2D eigenvalue weighted by Crippen LogP contribution is 2.15.